The van der Waals surface area contributed by atoms with Crippen molar-refractivity contribution >= 4 is 63.5 Å². The number of nitrogens with one attached hydrogen (secondary N) is 1. The van der Waals surface area contributed by atoms with Gasteiger partial charge in [0, 0.05) is 35.3 Å². The van der Waals surface area contributed by atoms with E-state index in [1.165, 1.54) is 34.9 Å². The highest BCUT2D eigenvalue weighted by Gasteiger charge is 2.32. The SMILES string of the molecule is O=C(CCN1C(=O)/C(=C/c2ccc(Cl)cc2)SC1=S)Nc1ccc(C(O)O)c(O)c1. The smallest absolute Gasteiger partial charge is 0.266 e. The zero-order valence-electron chi connectivity index (χ0n) is 15.4. The molecule has 0 aliphatic carbocycles. The van der Waals surface area contributed by atoms with E-state index in [1.54, 1.807) is 30.3 Å². The number of hydrogen-bond acceptors (Lipinski definition) is 7. The molecule has 2 aromatic rings. The number of carbonyl (C=O) groups excluding carboxylic acids is 2. The molecule has 4 N–H and O–H groups in total. The summed E-state index contributed by atoms with van der Waals surface area (Å²) >= 11 is 12.3. The molecule has 3 rings (SSSR count). The second-order valence-corrected chi connectivity index (χ2v) is 8.44. The fourth-order valence-corrected chi connectivity index (χ4v) is 4.11. The summed E-state index contributed by atoms with van der Waals surface area (Å²) < 4.78 is 0.368. The minimum Gasteiger partial charge on any atom is -0.507 e. The number of aromatic hydroxyl groups is 1. The van der Waals surface area contributed by atoms with Crippen molar-refractivity contribution in [1.82, 2.24) is 4.90 Å². The van der Waals surface area contributed by atoms with Crippen molar-refractivity contribution in [2.45, 2.75) is 12.7 Å². The van der Waals surface area contributed by atoms with Crippen LogP contribution >= 0.6 is 35.6 Å². The van der Waals surface area contributed by atoms with Gasteiger partial charge in [0.25, 0.3) is 5.91 Å². The maximum atomic E-state index is 12.6. The van der Waals surface area contributed by atoms with E-state index in [2.05, 4.69) is 5.32 Å². The molecule has 0 unspecified atom stereocenters. The van der Waals surface area contributed by atoms with Gasteiger partial charge in [-0.25, -0.2) is 0 Å². The van der Waals surface area contributed by atoms with E-state index in [0.717, 1.165) is 5.56 Å². The molecule has 7 nitrogen and oxygen atoms in total. The Morgan fingerprint density at radius 1 is 1.23 bits per heavy atom. The highest BCUT2D eigenvalue weighted by atomic mass is 35.5. The minimum absolute atomic E-state index is 0.00813. The Balaban J connectivity index is 1.59. The van der Waals surface area contributed by atoms with Crippen LogP contribution in [0.2, 0.25) is 5.02 Å². The highest BCUT2D eigenvalue weighted by Crippen LogP contribution is 2.33. The topological polar surface area (TPSA) is 110 Å². The van der Waals surface area contributed by atoms with E-state index in [1.807, 2.05) is 0 Å². The first-order valence-corrected chi connectivity index (χ1v) is 10.3. The summed E-state index contributed by atoms with van der Waals surface area (Å²) in [6.45, 7) is 0.105. The molecule has 1 fully saturated rings. The Bertz CT molecular complexity index is 1020. The third-order valence-corrected chi connectivity index (χ3v) is 5.83. The van der Waals surface area contributed by atoms with Crippen LogP contribution in [0.25, 0.3) is 6.08 Å². The van der Waals surface area contributed by atoms with Crippen LogP contribution in [-0.2, 0) is 9.59 Å². The average Bonchev–Trinajstić information content (AvgIpc) is 2.94. The lowest BCUT2D eigenvalue weighted by atomic mass is 10.1. The fourth-order valence-electron chi connectivity index (χ4n) is 2.68. The lowest BCUT2D eigenvalue weighted by Crippen LogP contribution is -2.31. The number of rotatable bonds is 6. The first kappa shape index (κ1) is 22.3. The van der Waals surface area contributed by atoms with E-state index in [-0.39, 0.29) is 41.8 Å². The summed E-state index contributed by atoms with van der Waals surface area (Å²) in [6, 6.07) is 11.0. The number of aliphatic hydroxyl groups excluding tert-OH is 1. The van der Waals surface area contributed by atoms with Crippen molar-refractivity contribution in [3.63, 3.8) is 0 Å². The third-order valence-electron chi connectivity index (χ3n) is 4.20. The summed E-state index contributed by atoms with van der Waals surface area (Å²) in [6.07, 6.45) is -0.105. The quantitative estimate of drug-likeness (QED) is 0.295. The van der Waals surface area contributed by atoms with Gasteiger partial charge in [0.05, 0.1) is 4.91 Å². The normalized spacial score (nSPS) is 15.3. The second-order valence-electron chi connectivity index (χ2n) is 6.33. The summed E-state index contributed by atoms with van der Waals surface area (Å²) in [5.74, 6) is -1.01. The molecule has 0 radical (unpaired) electrons. The van der Waals surface area contributed by atoms with Crippen molar-refractivity contribution in [2.24, 2.45) is 0 Å². The standard InChI is InChI=1S/C20H17ClN2O5S2/c21-12-3-1-11(2-4-12)9-16-18(26)23(20(29)30-16)8-7-17(25)22-13-5-6-14(19(27)28)15(24)10-13/h1-6,9-10,19,24,27-28H,7-8H2,(H,22,25)/b16-9-. The molecule has 0 atom stereocenters. The van der Waals surface area contributed by atoms with Crippen LogP contribution in [0.15, 0.2) is 47.4 Å². The van der Waals surface area contributed by atoms with E-state index in [0.29, 0.717) is 14.2 Å². The predicted octanol–water partition coefficient (Wildman–Crippen LogP) is 3.26. The minimum atomic E-state index is -1.82. The van der Waals surface area contributed by atoms with Crippen LogP contribution in [0.5, 0.6) is 5.75 Å². The molecule has 0 saturated carbocycles. The maximum absolute atomic E-state index is 12.6. The number of nitrogens with zero attached hydrogens (tertiary/aromatic N) is 1. The number of hydrogen-bond donors (Lipinski definition) is 4. The Morgan fingerprint density at radius 3 is 2.57 bits per heavy atom. The van der Waals surface area contributed by atoms with Gasteiger partial charge in [0.2, 0.25) is 5.91 Å². The van der Waals surface area contributed by atoms with E-state index >= 15 is 0 Å². The number of phenols is 1. The molecule has 1 heterocycles. The van der Waals surface area contributed by atoms with Gasteiger partial charge in [-0.2, -0.15) is 0 Å². The van der Waals surface area contributed by atoms with Crippen LogP contribution in [0.3, 0.4) is 0 Å². The molecule has 2 amide bonds. The Hall–Kier alpha value is -2.43. The third kappa shape index (κ3) is 5.38. The Morgan fingerprint density at radius 2 is 1.93 bits per heavy atom. The number of benzene rings is 2. The molecule has 30 heavy (non-hydrogen) atoms. The van der Waals surface area contributed by atoms with Gasteiger partial charge in [0.15, 0.2) is 6.29 Å². The number of phenolic OH excluding ortho intramolecular Hbond substituents is 1. The van der Waals surface area contributed by atoms with E-state index in [4.69, 9.17) is 34.0 Å². The molecule has 1 aliphatic rings. The van der Waals surface area contributed by atoms with Crippen LogP contribution in [0.1, 0.15) is 23.8 Å². The maximum Gasteiger partial charge on any atom is 0.266 e. The van der Waals surface area contributed by atoms with E-state index < -0.39 is 6.29 Å². The largest absolute Gasteiger partial charge is 0.507 e. The molecule has 0 aromatic heterocycles. The molecule has 156 valence electrons. The van der Waals surface area contributed by atoms with Gasteiger partial charge < -0.3 is 20.6 Å². The van der Waals surface area contributed by atoms with Gasteiger partial charge in [-0.15, -0.1) is 0 Å². The van der Waals surface area contributed by atoms with Gasteiger partial charge in [-0.3, -0.25) is 14.5 Å². The molecular formula is C20H17ClN2O5S2. The first-order chi connectivity index (χ1) is 14.2. The number of carbonyl (C=O) groups is 2. The highest BCUT2D eigenvalue weighted by molar-refractivity contribution is 8.26. The van der Waals surface area contributed by atoms with Crippen molar-refractivity contribution in [3.8, 4) is 5.75 Å². The fraction of sp³-hybridized carbons (Fsp3) is 0.150. The first-order valence-electron chi connectivity index (χ1n) is 8.74. The molecule has 10 heteroatoms. The van der Waals surface area contributed by atoms with Crippen molar-refractivity contribution < 1.29 is 24.9 Å². The second kappa shape index (κ2) is 9.59. The monoisotopic (exact) mass is 464 g/mol. The summed E-state index contributed by atoms with van der Waals surface area (Å²) in [7, 11) is 0. The summed E-state index contributed by atoms with van der Waals surface area (Å²) in [4.78, 5) is 26.7. The Labute approximate surface area is 187 Å². The zero-order valence-corrected chi connectivity index (χ0v) is 17.8. The number of aliphatic hydroxyl groups is 2. The Kier molecular flexibility index (Phi) is 7.11. The van der Waals surface area contributed by atoms with Gasteiger partial charge >= 0.3 is 0 Å². The van der Waals surface area contributed by atoms with Gasteiger partial charge in [-0.1, -0.05) is 47.7 Å². The molecule has 0 spiro atoms. The average molecular weight is 465 g/mol. The summed E-state index contributed by atoms with van der Waals surface area (Å²) in [5, 5.41) is 31.1. The number of thioether (sulfide) groups is 1. The predicted molar refractivity (Wildman–Crippen MR) is 120 cm³/mol. The van der Waals surface area contributed by atoms with Crippen LogP contribution in [0.4, 0.5) is 5.69 Å². The lowest BCUT2D eigenvalue weighted by Gasteiger charge is -2.14. The van der Waals surface area contributed by atoms with Crippen molar-refractivity contribution in [2.75, 3.05) is 11.9 Å². The lowest BCUT2D eigenvalue weighted by molar-refractivity contribution is -0.122. The van der Waals surface area contributed by atoms with Crippen LogP contribution in [-0.4, -0.2) is 42.9 Å². The molecule has 2 aromatic carbocycles. The molecule has 0 bridgehead atoms. The van der Waals surface area contributed by atoms with Crippen LogP contribution < -0.4 is 5.32 Å². The number of halogens is 1. The van der Waals surface area contributed by atoms with Crippen LogP contribution in [0, 0.1) is 0 Å². The molecular weight excluding hydrogens is 448 g/mol. The molecule has 1 aliphatic heterocycles. The van der Waals surface area contributed by atoms with Crippen molar-refractivity contribution in [3.05, 3.63) is 63.5 Å². The molecule has 1 saturated heterocycles. The zero-order chi connectivity index (χ0) is 21.8. The number of thiocarbonyl (C=S) groups is 1. The number of anilines is 1. The van der Waals surface area contributed by atoms with E-state index in [9.17, 15) is 14.7 Å². The summed E-state index contributed by atoms with van der Waals surface area (Å²) in [5.41, 5.74) is 1.03. The van der Waals surface area contributed by atoms with Crippen molar-refractivity contribution in [1.29, 1.82) is 0 Å². The number of amides is 2. The van der Waals surface area contributed by atoms with Gasteiger partial charge in [-0.05, 0) is 35.9 Å². The van der Waals surface area contributed by atoms with Gasteiger partial charge in [0.1, 0.15) is 10.1 Å².